The fraction of sp³-hybridized carbons (Fsp3) is 0.259. The van der Waals surface area contributed by atoms with Crippen LogP contribution in [0.2, 0.25) is 0 Å². The van der Waals surface area contributed by atoms with Crippen molar-refractivity contribution in [3.8, 4) is 5.75 Å². The molecule has 4 rings (SSSR count). The maximum absolute atomic E-state index is 12.8. The minimum absolute atomic E-state index is 0.0729. The van der Waals surface area contributed by atoms with E-state index in [-0.39, 0.29) is 17.6 Å². The van der Waals surface area contributed by atoms with Crippen molar-refractivity contribution in [2.45, 2.75) is 19.4 Å². The Labute approximate surface area is 189 Å². The highest BCUT2D eigenvalue weighted by atomic mass is 16.5. The van der Waals surface area contributed by atoms with Crippen LogP contribution in [0.4, 0.5) is 5.69 Å². The predicted octanol–water partition coefficient (Wildman–Crippen LogP) is 5.04. The molecule has 0 bridgehead atoms. The number of methoxy groups -OCH3 is 1. The molecule has 0 spiro atoms. The number of amides is 1. The fourth-order valence-electron chi connectivity index (χ4n) is 4.09. The molecule has 5 heteroatoms. The van der Waals surface area contributed by atoms with Gasteiger partial charge < -0.3 is 10.1 Å². The van der Waals surface area contributed by atoms with E-state index >= 15 is 0 Å². The van der Waals surface area contributed by atoms with E-state index in [1.807, 2.05) is 78.9 Å². The molecule has 1 saturated heterocycles. The molecule has 3 aromatic carbocycles. The molecule has 0 radical (unpaired) electrons. The van der Waals surface area contributed by atoms with Crippen molar-refractivity contribution in [2.24, 2.45) is 5.92 Å². The van der Waals surface area contributed by atoms with Crippen LogP contribution < -0.4 is 10.1 Å². The topological polar surface area (TPSA) is 58.6 Å². The number of nitrogens with zero attached hydrogens (tertiary/aromatic N) is 1. The Morgan fingerprint density at radius 1 is 0.875 bits per heavy atom. The van der Waals surface area contributed by atoms with E-state index in [1.54, 1.807) is 7.11 Å². The number of rotatable bonds is 7. The van der Waals surface area contributed by atoms with Crippen molar-refractivity contribution in [1.82, 2.24) is 4.90 Å². The van der Waals surface area contributed by atoms with Gasteiger partial charge in [-0.2, -0.15) is 0 Å². The largest absolute Gasteiger partial charge is 0.497 e. The molecule has 0 aliphatic carbocycles. The number of anilines is 1. The predicted molar refractivity (Wildman–Crippen MR) is 126 cm³/mol. The van der Waals surface area contributed by atoms with E-state index in [1.165, 1.54) is 5.56 Å². The summed E-state index contributed by atoms with van der Waals surface area (Å²) >= 11 is 0. The maximum atomic E-state index is 12.8. The van der Waals surface area contributed by atoms with Crippen LogP contribution in [0.15, 0.2) is 78.9 Å². The fourth-order valence-corrected chi connectivity index (χ4v) is 4.09. The zero-order valence-electron chi connectivity index (χ0n) is 18.3. The lowest BCUT2D eigenvalue weighted by Crippen LogP contribution is -2.36. The number of ketones is 1. The number of benzene rings is 3. The first-order valence-electron chi connectivity index (χ1n) is 11.0. The zero-order valence-corrected chi connectivity index (χ0v) is 18.3. The van der Waals surface area contributed by atoms with E-state index in [4.69, 9.17) is 4.74 Å². The molecular formula is C27H28N2O3. The van der Waals surface area contributed by atoms with Crippen molar-refractivity contribution in [1.29, 1.82) is 0 Å². The Morgan fingerprint density at radius 3 is 2.12 bits per heavy atom. The summed E-state index contributed by atoms with van der Waals surface area (Å²) in [6.07, 6.45) is 1.73. The number of carbonyl (C=O) groups is 2. The normalized spacial score (nSPS) is 14.7. The standard InChI is InChI=1S/C27H28N2O3/c1-32-25-13-11-21(12-14-25)26(30)22-15-17-29(18-16-22)19-20-7-9-23(10-8-20)27(31)28-24-5-3-2-4-6-24/h2-14,22H,15-19H2,1H3,(H,28,31). The lowest BCUT2D eigenvalue weighted by molar-refractivity contribution is 0.0834. The van der Waals surface area contributed by atoms with Gasteiger partial charge in [0.25, 0.3) is 5.91 Å². The molecular weight excluding hydrogens is 400 g/mol. The molecule has 0 atom stereocenters. The number of nitrogens with one attached hydrogen (secondary N) is 1. The molecule has 1 aliphatic rings. The lowest BCUT2D eigenvalue weighted by Gasteiger charge is -2.31. The first kappa shape index (κ1) is 21.8. The number of piperidine rings is 1. The second kappa shape index (κ2) is 10.2. The third-order valence-corrected chi connectivity index (χ3v) is 5.99. The van der Waals surface area contributed by atoms with Crippen LogP contribution in [0.3, 0.4) is 0 Å². The van der Waals surface area contributed by atoms with Gasteiger partial charge in [0.15, 0.2) is 5.78 Å². The van der Waals surface area contributed by atoms with E-state index in [9.17, 15) is 9.59 Å². The van der Waals surface area contributed by atoms with Gasteiger partial charge in [0.05, 0.1) is 7.11 Å². The number of hydrogen-bond donors (Lipinski definition) is 1. The number of hydrogen-bond acceptors (Lipinski definition) is 4. The van der Waals surface area contributed by atoms with Crippen LogP contribution in [0, 0.1) is 5.92 Å². The highest BCUT2D eigenvalue weighted by molar-refractivity contribution is 6.04. The van der Waals surface area contributed by atoms with E-state index < -0.39 is 0 Å². The molecule has 3 aromatic rings. The summed E-state index contributed by atoms with van der Waals surface area (Å²) in [6, 6.07) is 24.6. The first-order chi connectivity index (χ1) is 15.6. The molecule has 1 fully saturated rings. The van der Waals surface area contributed by atoms with Crippen LogP contribution in [-0.4, -0.2) is 36.8 Å². The highest BCUT2D eigenvalue weighted by Crippen LogP contribution is 2.24. The van der Waals surface area contributed by atoms with E-state index in [0.717, 1.165) is 49.5 Å². The van der Waals surface area contributed by atoms with Gasteiger partial charge in [-0.1, -0.05) is 30.3 Å². The van der Waals surface area contributed by atoms with Crippen LogP contribution in [-0.2, 0) is 6.54 Å². The monoisotopic (exact) mass is 428 g/mol. The van der Waals surface area contributed by atoms with Crippen molar-refractivity contribution in [2.75, 3.05) is 25.5 Å². The molecule has 1 aliphatic heterocycles. The SMILES string of the molecule is COc1ccc(C(=O)C2CCN(Cc3ccc(C(=O)Nc4ccccc4)cc3)CC2)cc1. The van der Waals surface area contributed by atoms with Gasteiger partial charge in [-0.15, -0.1) is 0 Å². The molecule has 32 heavy (non-hydrogen) atoms. The zero-order chi connectivity index (χ0) is 22.3. The Morgan fingerprint density at radius 2 is 1.50 bits per heavy atom. The average molecular weight is 429 g/mol. The van der Waals surface area contributed by atoms with Gasteiger partial charge in [-0.05, 0) is 80.0 Å². The Hall–Kier alpha value is -3.44. The molecule has 1 N–H and O–H groups in total. The van der Waals surface area contributed by atoms with Crippen LogP contribution in [0.5, 0.6) is 5.75 Å². The van der Waals surface area contributed by atoms with Gasteiger partial charge in [-0.25, -0.2) is 0 Å². The molecule has 5 nitrogen and oxygen atoms in total. The Bertz CT molecular complexity index is 1040. The number of ether oxygens (including phenoxy) is 1. The molecule has 0 unspecified atom stereocenters. The van der Waals surface area contributed by atoms with Crippen LogP contribution >= 0.6 is 0 Å². The van der Waals surface area contributed by atoms with Gasteiger partial charge in [0.1, 0.15) is 5.75 Å². The number of carbonyl (C=O) groups excluding carboxylic acids is 2. The highest BCUT2D eigenvalue weighted by Gasteiger charge is 2.25. The Balaban J connectivity index is 1.27. The second-order valence-electron chi connectivity index (χ2n) is 8.16. The summed E-state index contributed by atoms with van der Waals surface area (Å²) in [4.78, 5) is 27.6. The third kappa shape index (κ3) is 5.42. The molecule has 0 saturated carbocycles. The summed E-state index contributed by atoms with van der Waals surface area (Å²) in [5, 5.41) is 2.91. The van der Waals surface area contributed by atoms with Crippen LogP contribution in [0.1, 0.15) is 39.1 Å². The third-order valence-electron chi connectivity index (χ3n) is 5.99. The van der Waals surface area contributed by atoms with Gasteiger partial charge >= 0.3 is 0 Å². The molecule has 1 heterocycles. The summed E-state index contributed by atoms with van der Waals surface area (Å²) in [5.41, 5.74) is 3.35. The number of likely N-dealkylation sites (tertiary alicyclic amines) is 1. The number of Topliss-reactive ketones (excluding diaryl/α,β-unsaturated/α-hetero) is 1. The summed E-state index contributed by atoms with van der Waals surface area (Å²) in [6.45, 7) is 2.61. The first-order valence-corrected chi connectivity index (χ1v) is 11.0. The van der Waals surface area contributed by atoms with Gasteiger partial charge in [0.2, 0.25) is 0 Å². The van der Waals surface area contributed by atoms with E-state index in [2.05, 4.69) is 10.2 Å². The maximum Gasteiger partial charge on any atom is 0.255 e. The van der Waals surface area contributed by atoms with Crippen molar-refractivity contribution in [3.63, 3.8) is 0 Å². The van der Waals surface area contributed by atoms with Gasteiger partial charge in [-0.3, -0.25) is 14.5 Å². The minimum Gasteiger partial charge on any atom is -0.497 e. The van der Waals surface area contributed by atoms with Gasteiger partial charge in [0, 0.05) is 29.3 Å². The molecule has 1 amide bonds. The summed E-state index contributed by atoms with van der Waals surface area (Å²) < 4.78 is 5.17. The van der Waals surface area contributed by atoms with Crippen molar-refractivity contribution >= 4 is 17.4 Å². The summed E-state index contributed by atoms with van der Waals surface area (Å²) in [5.74, 6) is 0.949. The second-order valence-corrected chi connectivity index (χ2v) is 8.16. The van der Waals surface area contributed by atoms with E-state index in [0.29, 0.717) is 5.56 Å². The molecule has 0 aromatic heterocycles. The van der Waals surface area contributed by atoms with Crippen molar-refractivity contribution < 1.29 is 14.3 Å². The quantitative estimate of drug-likeness (QED) is 0.536. The smallest absolute Gasteiger partial charge is 0.255 e. The number of para-hydroxylation sites is 1. The molecule has 164 valence electrons. The lowest BCUT2D eigenvalue weighted by atomic mass is 9.88. The average Bonchev–Trinajstić information content (AvgIpc) is 2.85. The summed E-state index contributed by atoms with van der Waals surface area (Å²) in [7, 11) is 1.62. The Kier molecular flexibility index (Phi) is 6.97. The van der Waals surface area contributed by atoms with Crippen molar-refractivity contribution in [3.05, 3.63) is 95.6 Å². The van der Waals surface area contributed by atoms with Crippen LogP contribution in [0.25, 0.3) is 0 Å². The minimum atomic E-state index is -0.111.